The molecule has 114 valence electrons. The molecule has 1 fully saturated rings. The number of rotatable bonds is 4. The maximum Gasteiger partial charge on any atom is 0.308 e. The van der Waals surface area contributed by atoms with Crippen molar-refractivity contribution in [3.05, 3.63) is 35.9 Å². The van der Waals surface area contributed by atoms with E-state index in [1.807, 2.05) is 44.2 Å². The Morgan fingerprint density at radius 3 is 2.57 bits per heavy atom. The second kappa shape index (κ2) is 6.29. The average molecular weight is 289 g/mol. The lowest BCUT2D eigenvalue weighted by molar-refractivity contribution is -0.148. The van der Waals surface area contributed by atoms with E-state index in [-0.39, 0.29) is 5.91 Å². The number of nitrogens with zero attached hydrogens (tertiary/aromatic N) is 1. The summed E-state index contributed by atoms with van der Waals surface area (Å²) in [4.78, 5) is 25.6. The molecule has 1 heterocycles. The van der Waals surface area contributed by atoms with Crippen LogP contribution in [0, 0.1) is 11.3 Å². The molecule has 4 nitrogen and oxygen atoms in total. The van der Waals surface area contributed by atoms with Crippen LogP contribution >= 0.6 is 0 Å². The van der Waals surface area contributed by atoms with E-state index in [0.717, 1.165) is 12.0 Å². The van der Waals surface area contributed by atoms with E-state index in [4.69, 9.17) is 5.11 Å². The molecular formula is C17H23NO3. The molecule has 0 aromatic heterocycles. The van der Waals surface area contributed by atoms with Gasteiger partial charge < -0.3 is 10.0 Å². The fourth-order valence-corrected chi connectivity index (χ4v) is 2.97. The van der Waals surface area contributed by atoms with E-state index >= 15 is 0 Å². The second-order valence-electron chi connectivity index (χ2n) is 6.47. The van der Waals surface area contributed by atoms with Gasteiger partial charge in [0.25, 0.3) is 0 Å². The third-order valence-corrected chi connectivity index (χ3v) is 4.13. The maximum absolute atomic E-state index is 12.7. The molecule has 0 aliphatic carbocycles. The number of likely N-dealkylation sites (tertiary alicyclic amines) is 1. The number of carboxylic acid groups (broad SMARTS) is 1. The maximum atomic E-state index is 12.7. The monoisotopic (exact) mass is 289 g/mol. The summed E-state index contributed by atoms with van der Waals surface area (Å²) in [7, 11) is 0. The van der Waals surface area contributed by atoms with Gasteiger partial charge in [-0.1, -0.05) is 44.2 Å². The Morgan fingerprint density at radius 1 is 1.29 bits per heavy atom. The van der Waals surface area contributed by atoms with Crippen LogP contribution in [0.15, 0.2) is 30.3 Å². The topological polar surface area (TPSA) is 57.6 Å². The van der Waals surface area contributed by atoms with Crippen molar-refractivity contribution in [1.82, 2.24) is 4.90 Å². The first-order chi connectivity index (χ1) is 9.90. The summed E-state index contributed by atoms with van der Waals surface area (Å²) < 4.78 is 0. The van der Waals surface area contributed by atoms with Crippen LogP contribution in [-0.4, -0.2) is 35.0 Å². The number of piperidine rings is 1. The summed E-state index contributed by atoms with van der Waals surface area (Å²) >= 11 is 0. The summed E-state index contributed by atoms with van der Waals surface area (Å²) in [5.41, 5.74) is 0.615. The van der Waals surface area contributed by atoms with Gasteiger partial charge in [-0.25, -0.2) is 0 Å². The van der Waals surface area contributed by atoms with E-state index in [1.165, 1.54) is 0 Å². The summed E-state index contributed by atoms with van der Waals surface area (Å²) in [5.74, 6) is -1.17. The van der Waals surface area contributed by atoms with Crippen LogP contribution in [0.5, 0.6) is 0 Å². The van der Waals surface area contributed by atoms with Gasteiger partial charge in [-0.15, -0.1) is 0 Å². The molecule has 1 aliphatic heterocycles. The minimum Gasteiger partial charge on any atom is -0.481 e. The Morgan fingerprint density at radius 2 is 1.95 bits per heavy atom. The fraction of sp³-hybridized carbons (Fsp3) is 0.529. The number of carbonyl (C=O) groups is 2. The Balaban J connectivity index is 2.05. The van der Waals surface area contributed by atoms with Crippen LogP contribution in [0.4, 0.5) is 0 Å². The van der Waals surface area contributed by atoms with Crippen molar-refractivity contribution in [2.75, 3.05) is 13.1 Å². The first-order valence-corrected chi connectivity index (χ1v) is 7.46. The molecule has 1 atom stereocenters. The molecule has 1 aromatic rings. The van der Waals surface area contributed by atoms with Crippen molar-refractivity contribution in [3.8, 4) is 0 Å². The van der Waals surface area contributed by atoms with Crippen molar-refractivity contribution >= 4 is 11.9 Å². The molecule has 1 amide bonds. The first kappa shape index (κ1) is 15.5. The van der Waals surface area contributed by atoms with E-state index < -0.39 is 17.3 Å². The number of carboxylic acids is 1. The zero-order chi connectivity index (χ0) is 15.5. The van der Waals surface area contributed by atoms with Gasteiger partial charge in [-0.2, -0.15) is 0 Å². The van der Waals surface area contributed by atoms with Crippen molar-refractivity contribution in [2.24, 2.45) is 11.3 Å². The van der Waals surface area contributed by atoms with Crippen molar-refractivity contribution in [2.45, 2.75) is 33.1 Å². The van der Waals surface area contributed by atoms with Gasteiger partial charge >= 0.3 is 5.97 Å². The van der Waals surface area contributed by atoms with E-state index in [9.17, 15) is 9.59 Å². The van der Waals surface area contributed by atoms with Crippen molar-refractivity contribution in [3.63, 3.8) is 0 Å². The summed E-state index contributed by atoms with van der Waals surface area (Å²) in [6, 6.07) is 9.94. The third-order valence-electron chi connectivity index (χ3n) is 4.13. The minimum absolute atomic E-state index is 0.0531. The number of hydrogen-bond donors (Lipinski definition) is 1. The Kier molecular flexibility index (Phi) is 4.66. The largest absolute Gasteiger partial charge is 0.481 e. The van der Waals surface area contributed by atoms with Gasteiger partial charge in [0.1, 0.15) is 0 Å². The highest BCUT2D eigenvalue weighted by molar-refractivity contribution is 5.83. The number of carbonyl (C=O) groups excluding carboxylic acids is 1. The highest BCUT2D eigenvalue weighted by Crippen LogP contribution is 2.27. The molecule has 1 aromatic carbocycles. The quantitative estimate of drug-likeness (QED) is 0.927. The zero-order valence-corrected chi connectivity index (χ0v) is 12.7. The van der Waals surface area contributed by atoms with Gasteiger partial charge in [0.2, 0.25) is 5.91 Å². The lowest BCUT2D eigenvalue weighted by Gasteiger charge is -2.36. The molecule has 1 unspecified atom stereocenters. The van der Waals surface area contributed by atoms with Crippen molar-refractivity contribution < 1.29 is 14.7 Å². The molecule has 2 rings (SSSR count). The normalized spacial score (nSPS) is 19.3. The fourth-order valence-electron chi connectivity index (χ4n) is 2.97. The second-order valence-corrected chi connectivity index (χ2v) is 6.47. The summed E-state index contributed by atoms with van der Waals surface area (Å²) in [6.07, 6.45) is 2.10. The highest BCUT2D eigenvalue weighted by Gasteiger charge is 2.36. The van der Waals surface area contributed by atoms with E-state index in [0.29, 0.717) is 25.9 Å². The van der Waals surface area contributed by atoms with Crippen LogP contribution in [0.25, 0.3) is 0 Å². The van der Waals surface area contributed by atoms with Crippen LogP contribution in [0.2, 0.25) is 0 Å². The zero-order valence-electron chi connectivity index (χ0n) is 12.7. The third kappa shape index (κ3) is 3.84. The Labute approximate surface area is 125 Å². The van der Waals surface area contributed by atoms with E-state index in [2.05, 4.69) is 0 Å². The number of aliphatic carboxylic acids is 1. The lowest BCUT2D eigenvalue weighted by atomic mass is 9.83. The molecule has 0 saturated carbocycles. The molecule has 4 heteroatoms. The van der Waals surface area contributed by atoms with Crippen LogP contribution in [0.3, 0.4) is 0 Å². The molecule has 21 heavy (non-hydrogen) atoms. The lowest BCUT2D eigenvalue weighted by Crippen LogP contribution is -2.48. The number of amides is 1. The van der Waals surface area contributed by atoms with Crippen molar-refractivity contribution in [1.29, 1.82) is 0 Å². The predicted molar refractivity (Wildman–Crippen MR) is 80.9 cm³/mol. The molecule has 0 bridgehead atoms. The van der Waals surface area contributed by atoms with Crippen LogP contribution in [0.1, 0.15) is 32.3 Å². The minimum atomic E-state index is -0.798. The van der Waals surface area contributed by atoms with Crippen LogP contribution in [-0.2, 0) is 16.0 Å². The van der Waals surface area contributed by atoms with Crippen LogP contribution < -0.4 is 0 Å². The number of hydrogen-bond acceptors (Lipinski definition) is 2. The molecule has 1 saturated heterocycles. The van der Waals surface area contributed by atoms with Gasteiger partial charge in [0.15, 0.2) is 0 Å². The standard InChI is InChI=1S/C17H23NO3/c1-17(2,11-13-7-4-3-5-8-13)16(21)18-10-6-9-14(12-18)15(19)20/h3-5,7-8,14H,6,9-12H2,1-2H3,(H,19,20). The molecule has 1 aliphatic rings. The molecular weight excluding hydrogens is 266 g/mol. The van der Waals surface area contributed by atoms with Gasteiger partial charge in [-0.05, 0) is 24.8 Å². The smallest absolute Gasteiger partial charge is 0.308 e. The average Bonchev–Trinajstić information content (AvgIpc) is 2.47. The summed E-state index contributed by atoms with van der Waals surface area (Å²) in [5, 5.41) is 9.14. The Bertz CT molecular complexity index is 510. The van der Waals surface area contributed by atoms with Gasteiger partial charge in [0.05, 0.1) is 5.92 Å². The summed E-state index contributed by atoms with van der Waals surface area (Å²) in [6.45, 7) is 4.88. The number of benzene rings is 1. The molecule has 1 N–H and O–H groups in total. The SMILES string of the molecule is CC(C)(Cc1ccccc1)C(=O)N1CCCC(C(=O)O)C1. The first-order valence-electron chi connectivity index (χ1n) is 7.46. The Hall–Kier alpha value is -1.84. The molecule has 0 radical (unpaired) electrons. The molecule has 0 spiro atoms. The predicted octanol–water partition coefficient (Wildman–Crippen LogP) is 2.58. The van der Waals surface area contributed by atoms with E-state index in [1.54, 1.807) is 4.90 Å². The highest BCUT2D eigenvalue weighted by atomic mass is 16.4. The van der Waals surface area contributed by atoms with Gasteiger partial charge in [-0.3, -0.25) is 9.59 Å². The van der Waals surface area contributed by atoms with Gasteiger partial charge in [0, 0.05) is 18.5 Å².